The van der Waals surface area contributed by atoms with Crippen molar-refractivity contribution >= 4 is 45.8 Å². The summed E-state index contributed by atoms with van der Waals surface area (Å²) in [6.07, 6.45) is 0.543. The molecule has 0 bridgehead atoms. The Hall–Kier alpha value is -0.970. The third-order valence-corrected chi connectivity index (χ3v) is 3.63. The third-order valence-electron chi connectivity index (χ3n) is 2.62. The Kier molecular flexibility index (Phi) is 4.55. The minimum Gasteiger partial charge on any atom is -0.477 e. The first-order valence-electron chi connectivity index (χ1n) is 5.45. The molecule has 2 rings (SSSR count). The second-order valence-electron chi connectivity index (χ2n) is 3.70. The Labute approximate surface area is 125 Å². The van der Waals surface area contributed by atoms with Crippen LogP contribution in [-0.2, 0) is 6.42 Å². The fraction of sp³-hybridized carbons (Fsp3) is 0.333. The molecule has 19 heavy (non-hydrogen) atoms. The first-order valence-corrected chi connectivity index (χ1v) is 6.74. The number of aryl methyl sites for hydroxylation is 1. The van der Waals surface area contributed by atoms with Crippen LogP contribution in [0.5, 0.6) is 11.8 Å². The molecule has 0 amide bonds. The predicted molar refractivity (Wildman–Crippen MR) is 77.1 cm³/mol. The van der Waals surface area contributed by atoms with Crippen molar-refractivity contribution < 1.29 is 9.47 Å². The molecule has 0 fully saturated rings. The number of methoxy groups -OCH3 is 2. The van der Waals surface area contributed by atoms with Gasteiger partial charge in [-0.15, -0.1) is 11.6 Å². The van der Waals surface area contributed by atoms with E-state index in [1.165, 1.54) is 14.2 Å². The Balaban J connectivity index is 2.79. The minimum absolute atomic E-state index is 0.296. The number of hydrogen-bond donors (Lipinski definition) is 0. The number of hydrogen-bond acceptors (Lipinski definition) is 4. The number of benzene rings is 1. The van der Waals surface area contributed by atoms with E-state index in [9.17, 15) is 0 Å². The van der Waals surface area contributed by atoms with Crippen molar-refractivity contribution in [2.24, 2.45) is 0 Å². The number of nitrogens with zero attached hydrogens (tertiary/aromatic N) is 2. The Morgan fingerprint density at radius 1 is 1.11 bits per heavy atom. The summed E-state index contributed by atoms with van der Waals surface area (Å²) in [6.45, 7) is 0. The van der Waals surface area contributed by atoms with E-state index in [2.05, 4.69) is 9.97 Å². The van der Waals surface area contributed by atoms with E-state index < -0.39 is 0 Å². The maximum atomic E-state index is 6.19. The molecule has 0 saturated carbocycles. The number of ether oxygens (including phenoxy) is 2. The summed E-state index contributed by atoms with van der Waals surface area (Å²) in [6, 6.07) is 1.64. The second kappa shape index (κ2) is 5.99. The number of halogens is 3. The molecule has 1 heterocycles. The van der Waals surface area contributed by atoms with E-state index in [4.69, 9.17) is 44.3 Å². The molecule has 1 aromatic carbocycles. The molecule has 0 saturated heterocycles. The van der Waals surface area contributed by atoms with Crippen LogP contribution in [0.3, 0.4) is 0 Å². The van der Waals surface area contributed by atoms with Crippen LogP contribution in [0.25, 0.3) is 11.0 Å². The van der Waals surface area contributed by atoms with Crippen molar-refractivity contribution in [3.05, 3.63) is 21.7 Å². The molecule has 0 spiro atoms. The summed E-state index contributed by atoms with van der Waals surface area (Å²) in [4.78, 5) is 8.69. The van der Waals surface area contributed by atoms with Crippen LogP contribution in [0, 0.1) is 0 Å². The summed E-state index contributed by atoms with van der Waals surface area (Å²) in [5.74, 6) is 1.000. The van der Waals surface area contributed by atoms with Crippen LogP contribution in [0.15, 0.2) is 6.07 Å². The summed E-state index contributed by atoms with van der Waals surface area (Å²) in [5.41, 5.74) is 1.97. The Morgan fingerprint density at radius 3 is 2.32 bits per heavy atom. The maximum Gasteiger partial charge on any atom is 0.278 e. The lowest BCUT2D eigenvalue weighted by molar-refractivity contribution is 0.334. The summed E-state index contributed by atoms with van der Waals surface area (Å²) < 4.78 is 10.3. The lowest BCUT2D eigenvalue weighted by Crippen LogP contribution is -2.01. The quantitative estimate of drug-likeness (QED) is 0.805. The van der Waals surface area contributed by atoms with Crippen molar-refractivity contribution in [2.75, 3.05) is 20.1 Å². The van der Waals surface area contributed by atoms with Crippen LogP contribution >= 0.6 is 34.8 Å². The van der Waals surface area contributed by atoms with Crippen LogP contribution in [-0.4, -0.2) is 30.1 Å². The molecule has 0 radical (unpaired) electrons. The van der Waals surface area contributed by atoms with Gasteiger partial charge in [-0.25, -0.2) is 9.97 Å². The second-order valence-corrected chi connectivity index (χ2v) is 4.86. The predicted octanol–water partition coefficient (Wildman–Crippen LogP) is 3.74. The molecule has 2 aromatic rings. The smallest absolute Gasteiger partial charge is 0.278 e. The normalized spacial score (nSPS) is 10.8. The Bertz CT molecular complexity index is 620. The SMILES string of the molecule is COc1nc2cc(Cl)c(Cl)c(CCCl)c2nc1OC. The fourth-order valence-corrected chi connectivity index (χ4v) is 2.40. The van der Waals surface area contributed by atoms with Gasteiger partial charge in [0.25, 0.3) is 11.8 Å². The van der Waals surface area contributed by atoms with Crippen molar-refractivity contribution in [2.45, 2.75) is 6.42 Å². The van der Waals surface area contributed by atoms with Gasteiger partial charge in [0.15, 0.2) is 0 Å². The topological polar surface area (TPSA) is 44.2 Å². The molecule has 7 heteroatoms. The molecule has 0 aliphatic heterocycles. The van der Waals surface area contributed by atoms with Crippen molar-refractivity contribution in [1.29, 1.82) is 0 Å². The molecule has 102 valence electrons. The van der Waals surface area contributed by atoms with Gasteiger partial charge in [0.05, 0.1) is 35.3 Å². The van der Waals surface area contributed by atoms with Crippen LogP contribution < -0.4 is 9.47 Å². The van der Waals surface area contributed by atoms with Gasteiger partial charge in [-0.2, -0.15) is 0 Å². The van der Waals surface area contributed by atoms with E-state index in [-0.39, 0.29) is 0 Å². The molecule has 0 N–H and O–H groups in total. The number of rotatable bonds is 4. The fourth-order valence-electron chi connectivity index (χ4n) is 1.76. The molecular formula is C12H11Cl3N2O2. The van der Waals surface area contributed by atoms with E-state index in [0.29, 0.717) is 45.1 Å². The highest BCUT2D eigenvalue weighted by Gasteiger charge is 2.17. The van der Waals surface area contributed by atoms with Crippen molar-refractivity contribution in [1.82, 2.24) is 9.97 Å². The zero-order valence-electron chi connectivity index (χ0n) is 10.3. The van der Waals surface area contributed by atoms with Crippen molar-refractivity contribution in [3.8, 4) is 11.8 Å². The van der Waals surface area contributed by atoms with Crippen LogP contribution in [0.1, 0.15) is 5.56 Å². The molecule has 0 aliphatic rings. The first-order chi connectivity index (χ1) is 9.12. The van der Waals surface area contributed by atoms with Gasteiger partial charge < -0.3 is 9.47 Å². The molecule has 4 nitrogen and oxygen atoms in total. The molecule has 0 aliphatic carbocycles. The highest BCUT2D eigenvalue weighted by molar-refractivity contribution is 6.43. The monoisotopic (exact) mass is 320 g/mol. The average Bonchev–Trinajstić information content (AvgIpc) is 2.42. The molecule has 0 unspecified atom stereocenters. The summed E-state index contributed by atoms with van der Waals surface area (Å²) in [5, 5.41) is 0.854. The van der Waals surface area contributed by atoms with Gasteiger partial charge in [0.1, 0.15) is 0 Å². The van der Waals surface area contributed by atoms with Gasteiger partial charge >= 0.3 is 0 Å². The lowest BCUT2D eigenvalue weighted by Gasteiger charge is -2.11. The van der Waals surface area contributed by atoms with Crippen LogP contribution in [0.4, 0.5) is 0 Å². The average molecular weight is 322 g/mol. The van der Waals surface area contributed by atoms with Gasteiger partial charge in [0.2, 0.25) is 0 Å². The van der Waals surface area contributed by atoms with E-state index in [1.54, 1.807) is 6.07 Å². The summed E-state index contributed by atoms with van der Waals surface area (Å²) in [7, 11) is 2.99. The zero-order valence-corrected chi connectivity index (χ0v) is 12.6. The van der Waals surface area contributed by atoms with Gasteiger partial charge in [0, 0.05) is 11.4 Å². The van der Waals surface area contributed by atoms with Crippen molar-refractivity contribution in [3.63, 3.8) is 0 Å². The summed E-state index contributed by atoms with van der Waals surface area (Å²) >= 11 is 18.1. The number of aromatic nitrogens is 2. The van der Waals surface area contributed by atoms with Gasteiger partial charge in [-0.05, 0) is 12.5 Å². The molecular weight excluding hydrogens is 311 g/mol. The number of fused-ring (bicyclic) bond motifs is 1. The van der Waals surface area contributed by atoms with E-state index in [1.807, 2.05) is 0 Å². The largest absolute Gasteiger partial charge is 0.477 e. The van der Waals surface area contributed by atoms with Gasteiger partial charge in [-0.3, -0.25) is 0 Å². The Morgan fingerprint density at radius 2 is 1.74 bits per heavy atom. The maximum absolute atomic E-state index is 6.19. The first kappa shape index (κ1) is 14.4. The van der Waals surface area contributed by atoms with E-state index in [0.717, 1.165) is 5.56 Å². The molecule has 1 aromatic heterocycles. The number of alkyl halides is 1. The lowest BCUT2D eigenvalue weighted by atomic mass is 10.1. The molecule has 0 atom stereocenters. The minimum atomic E-state index is 0.296. The van der Waals surface area contributed by atoms with E-state index >= 15 is 0 Å². The van der Waals surface area contributed by atoms with Crippen LogP contribution in [0.2, 0.25) is 10.0 Å². The highest BCUT2D eigenvalue weighted by atomic mass is 35.5. The standard InChI is InChI=1S/C12H11Cl3N2O2/c1-18-11-12(19-2)17-10-6(3-4-13)9(15)7(14)5-8(10)16-11/h5H,3-4H2,1-2H3. The zero-order chi connectivity index (χ0) is 14.0. The highest BCUT2D eigenvalue weighted by Crippen LogP contribution is 2.35. The van der Waals surface area contributed by atoms with Gasteiger partial charge in [-0.1, -0.05) is 23.2 Å². The third kappa shape index (κ3) is 2.66.